The molecule has 1 aromatic carbocycles. The number of carbonyl (C=O) groups is 1. The van der Waals surface area contributed by atoms with Gasteiger partial charge in [0.05, 0.1) is 11.5 Å². The summed E-state index contributed by atoms with van der Waals surface area (Å²) in [6.07, 6.45) is 1.37. The molecule has 9 heteroatoms. The van der Waals surface area contributed by atoms with E-state index in [0.29, 0.717) is 30.5 Å². The predicted octanol–water partition coefficient (Wildman–Crippen LogP) is 2.76. The van der Waals surface area contributed by atoms with Crippen LogP contribution < -0.4 is 5.32 Å². The van der Waals surface area contributed by atoms with Gasteiger partial charge in [0, 0.05) is 30.9 Å². The molecule has 23 heavy (non-hydrogen) atoms. The van der Waals surface area contributed by atoms with Crippen molar-refractivity contribution in [1.29, 1.82) is 0 Å². The summed E-state index contributed by atoms with van der Waals surface area (Å²) in [5.41, 5.74) is 0.627. The number of non-ortho nitro benzene ring substituents is 1. The lowest BCUT2D eigenvalue weighted by Crippen LogP contribution is -2.54. The Morgan fingerprint density at radius 2 is 1.91 bits per heavy atom. The number of hydrazine groups is 1. The molecular weight excluding hydrogens is 320 g/mol. The van der Waals surface area contributed by atoms with Crippen LogP contribution in [0.25, 0.3) is 0 Å². The highest BCUT2D eigenvalue weighted by Gasteiger charge is 2.27. The number of ether oxygens (including phenoxy) is 1. The van der Waals surface area contributed by atoms with Crippen molar-refractivity contribution in [2.75, 3.05) is 25.0 Å². The van der Waals surface area contributed by atoms with Gasteiger partial charge in [-0.05, 0) is 44.1 Å². The highest BCUT2D eigenvalue weighted by molar-refractivity contribution is 7.80. The highest BCUT2D eigenvalue weighted by Crippen LogP contribution is 2.18. The summed E-state index contributed by atoms with van der Waals surface area (Å²) in [7, 11) is 0. The van der Waals surface area contributed by atoms with E-state index in [2.05, 4.69) is 5.32 Å². The fourth-order valence-corrected chi connectivity index (χ4v) is 2.53. The second kappa shape index (κ2) is 7.73. The first-order valence-electron chi connectivity index (χ1n) is 7.30. The normalized spacial score (nSPS) is 14.3. The van der Waals surface area contributed by atoms with Crippen molar-refractivity contribution in [3.63, 3.8) is 0 Å². The largest absolute Gasteiger partial charge is 0.448 e. The SMILES string of the molecule is CCOC(=O)N1CCCCN1C(=S)Nc1ccc([N+](=O)[O-])cc1. The zero-order valence-corrected chi connectivity index (χ0v) is 13.5. The number of hydrogen-bond acceptors (Lipinski definition) is 5. The number of anilines is 1. The average molecular weight is 338 g/mol. The van der Waals surface area contributed by atoms with E-state index in [9.17, 15) is 14.9 Å². The van der Waals surface area contributed by atoms with Crippen molar-refractivity contribution in [2.24, 2.45) is 0 Å². The van der Waals surface area contributed by atoms with Crippen molar-refractivity contribution >= 4 is 34.8 Å². The second-order valence-corrected chi connectivity index (χ2v) is 5.27. The number of hydrogen-bond donors (Lipinski definition) is 1. The molecule has 0 aromatic heterocycles. The molecule has 0 unspecified atom stereocenters. The topological polar surface area (TPSA) is 88.0 Å². The Hall–Kier alpha value is -2.42. The smallest absolute Gasteiger partial charge is 0.428 e. The van der Waals surface area contributed by atoms with Crippen LogP contribution in [0.1, 0.15) is 19.8 Å². The highest BCUT2D eigenvalue weighted by atomic mass is 32.1. The molecule has 124 valence electrons. The van der Waals surface area contributed by atoms with Gasteiger partial charge in [-0.25, -0.2) is 9.80 Å². The van der Waals surface area contributed by atoms with Crippen LogP contribution in [0.2, 0.25) is 0 Å². The summed E-state index contributed by atoms with van der Waals surface area (Å²) in [4.78, 5) is 22.2. The van der Waals surface area contributed by atoms with E-state index in [1.807, 2.05) is 0 Å². The van der Waals surface area contributed by atoms with Crippen molar-refractivity contribution in [3.05, 3.63) is 34.4 Å². The molecule has 1 saturated heterocycles. The Balaban J connectivity index is 2.05. The monoisotopic (exact) mass is 338 g/mol. The van der Waals surface area contributed by atoms with Gasteiger partial charge in [0.2, 0.25) is 0 Å². The molecule has 1 aliphatic rings. The van der Waals surface area contributed by atoms with Crippen molar-refractivity contribution in [2.45, 2.75) is 19.8 Å². The first-order chi connectivity index (χ1) is 11.0. The van der Waals surface area contributed by atoms with E-state index in [4.69, 9.17) is 17.0 Å². The fraction of sp³-hybridized carbons (Fsp3) is 0.429. The van der Waals surface area contributed by atoms with Crippen molar-refractivity contribution < 1.29 is 14.5 Å². The molecule has 0 aliphatic carbocycles. The van der Waals surface area contributed by atoms with E-state index in [1.54, 1.807) is 24.1 Å². The Morgan fingerprint density at radius 1 is 1.30 bits per heavy atom. The second-order valence-electron chi connectivity index (χ2n) is 4.89. The minimum atomic E-state index is -0.463. The van der Waals surface area contributed by atoms with Gasteiger partial charge in [-0.1, -0.05) is 0 Å². The van der Waals surface area contributed by atoms with Gasteiger partial charge < -0.3 is 10.1 Å². The Kier molecular flexibility index (Phi) is 5.69. The van der Waals surface area contributed by atoms with Gasteiger partial charge >= 0.3 is 6.09 Å². The molecule has 1 fully saturated rings. The Morgan fingerprint density at radius 3 is 2.48 bits per heavy atom. The van der Waals surface area contributed by atoms with Crippen LogP contribution in [0.4, 0.5) is 16.2 Å². The number of nitrogens with one attached hydrogen (secondary N) is 1. The van der Waals surface area contributed by atoms with E-state index in [-0.39, 0.29) is 5.69 Å². The zero-order valence-electron chi connectivity index (χ0n) is 12.7. The van der Waals surface area contributed by atoms with Crippen LogP contribution in [0, 0.1) is 10.1 Å². The lowest BCUT2D eigenvalue weighted by atomic mass is 10.2. The van der Waals surface area contributed by atoms with Gasteiger partial charge in [0.1, 0.15) is 0 Å². The number of amides is 1. The third-order valence-corrected chi connectivity index (χ3v) is 3.64. The number of benzene rings is 1. The lowest BCUT2D eigenvalue weighted by molar-refractivity contribution is -0.384. The first-order valence-corrected chi connectivity index (χ1v) is 7.71. The molecule has 0 radical (unpaired) electrons. The average Bonchev–Trinajstić information content (AvgIpc) is 2.55. The molecule has 1 heterocycles. The summed E-state index contributed by atoms with van der Waals surface area (Å²) in [6.45, 7) is 3.20. The van der Waals surface area contributed by atoms with Crippen LogP contribution >= 0.6 is 12.2 Å². The van der Waals surface area contributed by atoms with Crippen LogP contribution in [-0.4, -0.2) is 45.8 Å². The van der Waals surface area contributed by atoms with Crippen molar-refractivity contribution in [1.82, 2.24) is 10.0 Å². The molecule has 0 bridgehead atoms. The van der Waals surface area contributed by atoms with E-state index in [0.717, 1.165) is 12.8 Å². The molecule has 2 rings (SSSR count). The van der Waals surface area contributed by atoms with E-state index < -0.39 is 11.0 Å². The van der Waals surface area contributed by atoms with Crippen molar-refractivity contribution in [3.8, 4) is 0 Å². The van der Waals surface area contributed by atoms with Gasteiger partial charge in [0.25, 0.3) is 5.69 Å². The molecule has 0 spiro atoms. The van der Waals surface area contributed by atoms with E-state index >= 15 is 0 Å². The van der Waals surface area contributed by atoms with Gasteiger partial charge in [-0.3, -0.25) is 15.1 Å². The summed E-state index contributed by atoms with van der Waals surface area (Å²) in [5.74, 6) is 0. The number of nitrogens with zero attached hydrogens (tertiary/aromatic N) is 3. The molecule has 1 aliphatic heterocycles. The molecule has 0 atom stereocenters. The molecule has 1 aromatic rings. The summed E-state index contributed by atoms with van der Waals surface area (Å²) < 4.78 is 5.04. The number of rotatable bonds is 3. The summed E-state index contributed by atoms with van der Waals surface area (Å²) in [6, 6.07) is 5.93. The predicted molar refractivity (Wildman–Crippen MR) is 89.0 cm³/mol. The van der Waals surface area contributed by atoms with E-state index in [1.165, 1.54) is 17.1 Å². The maximum absolute atomic E-state index is 12.0. The minimum Gasteiger partial charge on any atom is -0.448 e. The Bertz CT molecular complexity index is 593. The molecule has 1 N–H and O–H groups in total. The summed E-state index contributed by atoms with van der Waals surface area (Å²) in [5, 5.41) is 17.1. The first kappa shape index (κ1) is 16.9. The van der Waals surface area contributed by atoms with Gasteiger partial charge in [-0.15, -0.1) is 0 Å². The van der Waals surface area contributed by atoms with Crippen LogP contribution in [0.3, 0.4) is 0 Å². The zero-order chi connectivity index (χ0) is 16.8. The minimum absolute atomic E-state index is 0.00703. The lowest BCUT2D eigenvalue weighted by Gasteiger charge is -2.39. The fourth-order valence-electron chi connectivity index (χ4n) is 2.22. The van der Waals surface area contributed by atoms with Crippen LogP contribution in [0.15, 0.2) is 24.3 Å². The molecular formula is C14H18N4O4S. The third-order valence-electron chi connectivity index (χ3n) is 3.32. The molecule has 1 amide bonds. The molecule has 0 saturated carbocycles. The standard InChI is InChI=1S/C14H18N4O4S/c1-2-22-14(19)17-10-4-3-9-16(17)13(23)15-11-5-7-12(8-6-11)18(20)21/h5-8H,2-4,9-10H2,1H3,(H,15,23). The van der Waals surface area contributed by atoms with Gasteiger partial charge in [0.15, 0.2) is 5.11 Å². The maximum Gasteiger partial charge on any atom is 0.428 e. The van der Waals surface area contributed by atoms with Crippen LogP contribution in [0.5, 0.6) is 0 Å². The quantitative estimate of drug-likeness (QED) is 0.515. The third kappa shape index (κ3) is 4.28. The maximum atomic E-state index is 12.0. The van der Waals surface area contributed by atoms with Gasteiger partial charge in [-0.2, -0.15) is 0 Å². The number of thiocarbonyl (C=S) groups is 1. The molecule has 8 nitrogen and oxygen atoms in total. The van der Waals surface area contributed by atoms with Crippen LogP contribution in [-0.2, 0) is 4.74 Å². The summed E-state index contributed by atoms with van der Waals surface area (Å²) >= 11 is 5.35. The Labute approximate surface area is 139 Å². The number of nitro benzene ring substituents is 1. The number of carbonyl (C=O) groups excluding carboxylic acids is 1. The number of nitro groups is 1.